The summed E-state index contributed by atoms with van der Waals surface area (Å²) in [6, 6.07) is 8.18. The molecule has 1 N–H and O–H groups in total. The molecule has 0 aliphatic heterocycles. The number of esters is 1. The van der Waals surface area contributed by atoms with Crippen molar-refractivity contribution in [3.63, 3.8) is 0 Å². The largest absolute Gasteiger partial charge is 0.462 e. The predicted molar refractivity (Wildman–Crippen MR) is 125 cm³/mol. The lowest BCUT2D eigenvalue weighted by molar-refractivity contribution is -0.152. The molecule has 3 rings (SSSR count). The summed E-state index contributed by atoms with van der Waals surface area (Å²) in [5, 5.41) is 11.0. The highest BCUT2D eigenvalue weighted by atomic mass is 32.2. The van der Waals surface area contributed by atoms with E-state index in [1.54, 1.807) is 30.0 Å². The molecule has 1 saturated carbocycles. The van der Waals surface area contributed by atoms with Crippen molar-refractivity contribution in [3.8, 4) is 0 Å². The molecule has 0 unspecified atom stereocenters. The van der Waals surface area contributed by atoms with Gasteiger partial charge in [-0.25, -0.2) is 4.98 Å². The summed E-state index contributed by atoms with van der Waals surface area (Å²) >= 11 is 3.43. The molecule has 4 nitrogen and oxygen atoms in total. The van der Waals surface area contributed by atoms with E-state index in [2.05, 4.69) is 36.7 Å². The second-order valence-corrected chi connectivity index (χ2v) is 11.0. The van der Waals surface area contributed by atoms with Gasteiger partial charge in [0.1, 0.15) is 6.10 Å². The number of carbonyl (C=O) groups is 1. The second kappa shape index (κ2) is 9.11. The number of carbonyl (C=O) groups excluding carboxylic acids is 1. The van der Waals surface area contributed by atoms with E-state index < -0.39 is 5.60 Å². The van der Waals surface area contributed by atoms with Crippen molar-refractivity contribution in [2.24, 2.45) is 5.41 Å². The lowest BCUT2D eigenvalue weighted by Crippen LogP contribution is -2.46. The van der Waals surface area contributed by atoms with Crippen LogP contribution in [0.3, 0.4) is 0 Å². The number of benzene rings is 1. The summed E-state index contributed by atoms with van der Waals surface area (Å²) in [5.41, 5.74) is 4.97. The Bertz CT molecular complexity index is 973. The quantitative estimate of drug-likeness (QED) is 0.269. The summed E-state index contributed by atoms with van der Waals surface area (Å²) in [6.45, 7) is 9.36. The first-order valence-corrected chi connectivity index (χ1v) is 11.9. The van der Waals surface area contributed by atoms with Gasteiger partial charge < -0.3 is 9.84 Å². The second-order valence-electron chi connectivity index (χ2n) is 8.67. The summed E-state index contributed by atoms with van der Waals surface area (Å²) in [5.74, 6) is 0.520. The van der Waals surface area contributed by atoms with Gasteiger partial charge in [-0.1, -0.05) is 43.8 Å². The van der Waals surface area contributed by atoms with E-state index >= 15 is 0 Å². The van der Waals surface area contributed by atoms with E-state index in [1.165, 1.54) is 11.6 Å². The fourth-order valence-electron chi connectivity index (χ4n) is 4.09. The Hall–Kier alpha value is -1.85. The van der Waals surface area contributed by atoms with E-state index in [0.717, 1.165) is 26.8 Å². The summed E-state index contributed by atoms with van der Waals surface area (Å²) < 4.78 is 7.66. The van der Waals surface area contributed by atoms with E-state index in [0.29, 0.717) is 12.8 Å². The first-order valence-electron chi connectivity index (χ1n) is 10.1. The summed E-state index contributed by atoms with van der Waals surface area (Å²) in [7, 11) is 0. The molecule has 2 aromatic rings. The van der Waals surface area contributed by atoms with Crippen molar-refractivity contribution in [2.75, 3.05) is 5.75 Å². The highest BCUT2D eigenvalue weighted by Gasteiger charge is 2.46. The molecule has 160 valence electrons. The number of thioether (sulfide) groups is 1. The van der Waals surface area contributed by atoms with E-state index in [9.17, 15) is 9.90 Å². The van der Waals surface area contributed by atoms with Gasteiger partial charge in [0.15, 0.2) is 4.34 Å². The van der Waals surface area contributed by atoms with Crippen LogP contribution >= 0.6 is 23.1 Å². The average molecular weight is 444 g/mol. The van der Waals surface area contributed by atoms with Crippen LogP contribution in [-0.2, 0) is 9.53 Å². The molecule has 1 aromatic heterocycles. The first-order chi connectivity index (χ1) is 14.1. The van der Waals surface area contributed by atoms with E-state index in [4.69, 9.17) is 4.74 Å². The van der Waals surface area contributed by atoms with E-state index in [1.807, 2.05) is 31.2 Å². The minimum atomic E-state index is -1.06. The molecule has 6 heteroatoms. The van der Waals surface area contributed by atoms with Crippen molar-refractivity contribution < 1.29 is 14.6 Å². The summed E-state index contributed by atoms with van der Waals surface area (Å²) in [4.78, 5) is 16.0. The molecular formula is C24H29NO3S2. The minimum absolute atomic E-state index is 0.278. The van der Waals surface area contributed by atoms with Gasteiger partial charge in [-0.05, 0) is 49.5 Å². The van der Waals surface area contributed by atoms with Gasteiger partial charge in [-0.15, -0.1) is 17.1 Å². The number of hydrogen-bond donors (Lipinski definition) is 1. The van der Waals surface area contributed by atoms with Crippen LogP contribution in [-0.4, -0.2) is 33.5 Å². The SMILES string of the molecule is CC(=O)O[C@H]1CC(C)(C)C(=C=C/C(C)=C/CSc2nc3ccccc3s2)[C@](C)(O)C1. The van der Waals surface area contributed by atoms with Gasteiger partial charge in [-0.2, -0.15) is 0 Å². The molecule has 1 aliphatic carbocycles. The van der Waals surface area contributed by atoms with Gasteiger partial charge in [0, 0.05) is 24.7 Å². The number of allylic oxidation sites excluding steroid dienone is 1. The lowest BCUT2D eigenvalue weighted by Gasteiger charge is -2.44. The molecule has 0 spiro atoms. The molecule has 0 amide bonds. The Morgan fingerprint density at radius 1 is 1.33 bits per heavy atom. The third-order valence-corrected chi connectivity index (χ3v) is 7.35. The zero-order valence-electron chi connectivity index (χ0n) is 18.2. The lowest BCUT2D eigenvalue weighted by atomic mass is 9.65. The number of hydrogen-bond acceptors (Lipinski definition) is 6. The Kier molecular flexibility index (Phi) is 6.93. The molecule has 1 aromatic carbocycles. The number of ether oxygens (including phenoxy) is 1. The molecule has 0 bridgehead atoms. The topological polar surface area (TPSA) is 59.4 Å². The van der Waals surface area contributed by atoms with Crippen LogP contribution in [0.25, 0.3) is 10.2 Å². The standard InChI is InChI=1S/C24H29NO3S2/c1-16(12-13-29-22-25-19-8-6-7-9-20(19)30-22)10-11-21-23(3,4)14-18(28-17(2)26)15-24(21,5)27/h6-10,12,18,27H,13-15H2,1-5H3/b16-12+/t11?,18-,24+/m0/s1. The molecular weight excluding hydrogens is 414 g/mol. The van der Waals surface area contributed by atoms with E-state index in [-0.39, 0.29) is 17.5 Å². The Morgan fingerprint density at radius 3 is 2.73 bits per heavy atom. The number of thiazole rings is 1. The van der Waals surface area contributed by atoms with Crippen molar-refractivity contribution >= 4 is 39.3 Å². The van der Waals surface area contributed by atoms with Crippen LogP contribution in [0.15, 0.2) is 57.6 Å². The first kappa shape index (κ1) is 22.8. The smallest absolute Gasteiger partial charge is 0.302 e. The van der Waals surface area contributed by atoms with Crippen molar-refractivity contribution in [1.82, 2.24) is 4.98 Å². The highest BCUT2D eigenvalue weighted by Crippen LogP contribution is 2.46. The third-order valence-electron chi connectivity index (χ3n) is 5.24. The maximum atomic E-state index is 11.3. The van der Waals surface area contributed by atoms with Crippen LogP contribution < -0.4 is 0 Å². The fourth-order valence-corrected chi connectivity index (χ4v) is 6.15. The monoisotopic (exact) mass is 443 g/mol. The van der Waals surface area contributed by atoms with Crippen molar-refractivity contribution in [3.05, 3.63) is 53.3 Å². The number of aliphatic hydroxyl groups is 1. The van der Waals surface area contributed by atoms with Crippen LogP contribution in [0, 0.1) is 5.41 Å². The van der Waals surface area contributed by atoms with Gasteiger partial charge in [0.05, 0.1) is 15.8 Å². The third kappa shape index (κ3) is 5.64. The number of para-hydroxylation sites is 1. The number of rotatable bonds is 5. The highest BCUT2D eigenvalue weighted by molar-refractivity contribution is 8.01. The van der Waals surface area contributed by atoms with Gasteiger partial charge in [0.2, 0.25) is 0 Å². The molecule has 1 fully saturated rings. The molecule has 1 aliphatic rings. The van der Waals surface area contributed by atoms with Crippen molar-refractivity contribution in [2.45, 2.75) is 63.5 Å². The molecule has 30 heavy (non-hydrogen) atoms. The number of nitrogens with zero attached hydrogens (tertiary/aromatic N) is 1. The maximum absolute atomic E-state index is 11.3. The molecule has 0 saturated heterocycles. The van der Waals surface area contributed by atoms with Crippen LogP contribution in [0.2, 0.25) is 0 Å². The predicted octanol–water partition coefficient (Wildman–Crippen LogP) is 5.92. The zero-order valence-corrected chi connectivity index (χ0v) is 19.8. The number of fused-ring (bicyclic) bond motifs is 1. The molecule has 1 heterocycles. The zero-order chi connectivity index (χ0) is 21.9. The van der Waals surface area contributed by atoms with Crippen molar-refractivity contribution in [1.29, 1.82) is 0 Å². The Balaban J connectivity index is 1.70. The maximum Gasteiger partial charge on any atom is 0.302 e. The molecule has 2 atom stereocenters. The van der Waals surface area contributed by atoms with Crippen LogP contribution in [0.1, 0.15) is 47.5 Å². The summed E-state index contributed by atoms with van der Waals surface area (Å²) in [6.07, 6.45) is 4.88. The van der Waals surface area contributed by atoms with Gasteiger partial charge in [0.25, 0.3) is 0 Å². The molecule has 0 radical (unpaired) electrons. The fraction of sp³-hybridized carbons (Fsp3) is 0.458. The average Bonchev–Trinajstić information content (AvgIpc) is 3.01. The number of aromatic nitrogens is 1. The van der Waals surface area contributed by atoms with Gasteiger partial charge >= 0.3 is 5.97 Å². The van der Waals surface area contributed by atoms with Crippen LogP contribution in [0.5, 0.6) is 0 Å². The minimum Gasteiger partial charge on any atom is -0.462 e. The van der Waals surface area contributed by atoms with Crippen LogP contribution in [0.4, 0.5) is 0 Å². The normalized spacial score (nSPS) is 23.9. The Morgan fingerprint density at radius 2 is 2.07 bits per heavy atom. The van der Waals surface area contributed by atoms with Gasteiger partial charge in [-0.3, -0.25) is 4.79 Å². The Labute approximate surface area is 186 Å².